The van der Waals surface area contributed by atoms with E-state index >= 15 is 0 Å². The Morgan fingerprint density at radius 3 is 2.42 bits per heavy atom. The number of methoxy groups -OCH3 is 1. The molecule has 0 aliphatic carbocycles. The molecule has 0 bridgehead atoms. The van der Waals surface area contributed by atoms with Crippen LogP contribution in [0.25, 0.3) is 28.4 Å². The highest BCUT2D eigenvalue weighted by atomic mass is 35.5. The molecule has 0 atom stereocenters. The van der Waals surface area contributed by atoms with Gasteiger partial charge < -0.3 is 14.5 Å². The van der Waals surface area contributed by atoms with Gasteiger partial charge in [0.2, 0.25) is 17.8 Å². The predicted octanol–water partition coefficient (Wildman–Crippen LogP) is 3.11. The van der Waals surface area contributed by atoms with Crippen molar-refractivity contribution in [2.75, 3.05) is 44.1 Å². The summed E-state index contributed by atoms with van der Waals surface area (Å²) >= 11 is 5.69. The van der Waals surface area contributed by atoms with Gasteiger partial charge in [-0.3, -0.25) is 14.3 Å². The number of carbonyl (C=O) groups excluding carboxylic acids is 1. The van der Waals surface area contributed by atoms with Crippen LogP contribution >= 0.6 is 11.6 Å². The zero-order chi connectivity index (χ0) is 25.2. The molecular weight excluding hydrogens is 494 g/mol. The number of halogens is 3. The Hall–Kier alpha value is -3.93. The molecule has 1 saturated heterocycles. The molecule has 0 saturated carbocycles. The first-order chi connectivity index (χ1) is 17.5. The molecule has 1 aromatic carbocycles. The van der Waals surface area contributed by atoms with Gasteiger partial charge in [0.1, 0.15) is 17.1 Å². The number of carbonyl (C=O) groups is 1. The van der Waals surface area contributed by atoms with Crippen LogP contribution in [0.5, 0.6) is 5.75 Å². The summed E-state index contributed by atoms with van der Waals surface area (Å²) < 4.78 is 34.9. The predicted molar refractivity (Wildman–Crippen MR) is 129 cm³/mol. The Bertz CT molecular complexity index is 1390. The molecule has 0 unspecified atom stereocenters. The molecule has 1 amide bonds. The van der Waals surface area contributed by atoms with Gasteiger partial charge in [0, 0.05) is 44.1 Å². The summed E-state index contributed by atoms with van der Waals surface area (Å²) in [6.45, 7) is 1.76. The van der Waals surface area contributed by atoms with Crippen LogP contribution in [-0.4, -0.2) is 79.5 Å². The highest BCUT2D eigenvalue weighted by molar-refractivity contribution is 6.27. The molecule has 3 aromatic heterocycles. The maximum Gasteiger partial charge on any atom is 0.296 e. The van der Waals surface area contributed by atoms with Gasteiger partial charge >= 0.3 is 0 Å². The minimum Gasteiger partial charge on any atom is -0.494 e. The van der Waals surface area contributed by atoms with Gasteiger partial charge in [-0.05, 0) is 24.3 Å². The summed E-state index contributed by atoms with van der Waals surface area (Å²) in [5.74, 6) is 0.205. The number of aromatic nitrogens is 6. The first kappa shape index (κ1) is 23.8. The summed E-state index contributed by atoms with van der Waals surface area (Å²) in [6, 6.07) is 8.44. The van der Waals surface area contributed by atoms with Gasteiger partial charge in [-0.25, -0.2) is 13.8 Å². The second-order valence-electron chi connectivity index (χ2n) is 7.93. The maximum atomic E-state index is 14.2. The van der Waals surface area contributed by atoms with Crippen LogP contribution in [0.3, 0.4) is 0 Å². The minimum absolute atomic E-state index is 0.00266. The van der Waals surface area contributed by atoms with Crippen molar-refractivity contribution < 1.29 is 18.3 Å². The quantitative estimate of drug-likeness (QED) is 0.362. The first-order valence-electron chi connectivity index (χ1n) is 11.1. The molecule has 4 heterocycles. The number of hydrogen-bond donors (Lipinski definition) is 0. The van der Waals surface area contributed by atoms with Crippen molar-refractivity contribution >= 4 is 34.5 Å². The first-order valence-corrected chi connectivity index (χ1v) is 11.6. The standard InChI is InChI=1S/C23H21ClF2N8O2/c1-36-16-4-2-3-15-18(16)28-21(19(25)26)34(15)23-30-20(14-5-7-27-8-6-14)29-22(31-23)33-11-9-32(10-12-33)17(35)13-24/h2-8,19H,9-13H2,1H3. The lowest BCUT2D eigenvalue weighted by atomic mass is 10.2. The van der Waals surface area contributed by atoms with Gasteiger partial charge in [-0.2, -0.15) is 15.0 Å². The lowest BCUT2D eigenvalue weighted by molar-refractivity contribution is -0.128. The van der Waals surface area contributed by atoms with E-state index in [4.69, 9.17) is 16.3 Å². The number of piperazine rings is 1. The summed E-state index contributed by atoms with van der Waals surface area (Å²) in [7, 11) is 1.45. The fourth-order valence-corrected chi connectivity index (χ4v) is 4.25. The lowest BCUT2D eigenvalue weighted by Crippen LogP contribution is -2.49. The number of benzene rings is 1. The summed E-state index contributed by atoms with van der Waals surface area (Å²) in [6.07, 6.45) is 0.297. The fourth-order valence-electron chi connectivity index (χ4n) is 4.08. The van der Waals surface area contributed by atoms with Crippen molar-refractivity contribution in [3.63, 3.8) is 0 Å². The molecule has 0 spiro atoms. The number of amides is 1. The molecule has 186 valence electrons. The summed E-state index contributed by atoms with van der Waals surface area (Å²) in [5.41, 5.74) is 1.29. The van der Waals surface area contributed by atoms with E-state index in [2.05, 4.69) is 24.9 Å². The van der Waals surface area contributed by atoms with E-state index in [9.17, 15) is 13.6 Å². The molecule has 1 aliphatic rings. The van der Waals surface area contributed by atoms with E-state index in [0.29, 0.717) is 54.8 Å². The van der Waals surface area contributed by atoms with Crippen LogP contribution in [0.4, 0.5) is 14.7 Å². The number of fused-ring (bicyclic) bond motifs is 1. The van der Waals surface area contributed by atoms with Crippen LogP contribution in [0.15, 0.2) is 42.7 Å². The Balaban J connectivity index is 1.65. The van der Waals surface area contributed by atoms with Crippen molar-refractivity contribution in [3.8, 4) is 23.1 Å². The molecule has 5 rings (SSSR count). The van der Waals surface area contributed by atoms with Crippen molar-refractivity contribution in [2.45, 2.75) is 6.43 Å². The molecule has 1 aliphatic heterocycles. The maximum absolute atomic E-state index is 14.2. The number of hydrogen-bond acceptors (Lipinski definition) is 8. The van der Waals surface area contributed by atoms with Crippen LogP contribution < -0.4 is 9.64 Å². The summed E-state index contributed by atoms with van der Waals surface area (Å²) in [4.78, 5) is 37.4. The van der Waals surface area contributed by atoms with E-state index in [1.54, 1.807) is 47.6 Å². The van der Waals surface area contributed by atoms with E-state index in [-0.39, 0.29) is 23.3 Å². The van der Waals surface area contributed by atoms with Crippen molar-refractivity contribution in [1.82, 2.24) is 34.4 Å². The fraction of sp³-hybridized carbons (Fsp3) is 0.304. The molecule has 1 fully saturated rings. The monoisotopic (exact) mass is 514 g/mol. The molecule has 10 nitrogen and oxygen atoms in total. The average molecular weight is 515 g/mol. The van der Waals surface area contributed by atoms with Crippen molar-refractivity contribution in [1.29, 1.82) is 0 Å². The number of imidazole rings is 1. The lowest BCUT2D eigenvalue weighted by Gasteiger charge is -2.34. The highest BCUT2D eigenvalue weighted by Gasteiger charge is 2.27. The number of alkyl halides is 3. The number of rotatable bonds is 6. The molecule has 4 aromatic rings. The van der Waals surface area contributed by atoms with Gasteiger partial charge in [0.15, 0.2) is 11.6 Å². The van der Waals surface area contributed by atoms with Crippen LogP contribution in [0, 0.1) is 0 Å². The van der Waals surface area contributed by atoms with Crippen molar-refractivity contribution in [2.24, 2.45) is 0 Å². The van der Waals surface area contributed by atoms with Gasteiger partial charge in [-0.15, -0.1) is 11.6 Å². The minimum atomic E-state index is -2.89. The molecule has 13 heteroatoms. The number of para-hydroxylation sites is 1. The Morgan fingerprint density at radius 2 is 1.75 bits per heavy atom. The zero-order valence-corrected chi connectivity index (χ0v) is 19.9. The SMILES string of the molecule is COc1cccc2c1nc(C(F)F)n2-c1nc(-c2ccncc2)nc(N2CCN(C(=O)CCl)CC2)n1. The Labute approximate surface area is 209 Å². The van der Waals surface area contributed by atoms with Crippen molar-refractivity contribution in [3.05, 3.63) is 48.5 Å². The topological polar surface area (TPSA) is 102 Å². The summed E-state index contributed by atoms with van der Waals surface area (Å²) in [5, 5.41) is 0. The van der Waals surface area contributed by atoms with Crippen LogP contribution in [0.1, 0.15) is 12.2 Å². The van der Waals surface area contributed by atoms with Gasteiger partial charge in [0.25, 0.3) is 6.43 Å². The van der Waals surface area contributed by atoms with Gasteiger partial charge in [-0.1, -0.05) is 6.07 Å². The molecule has 0 N–H and O–H groups in total. The van der Waals surface area contributed by atoms with Crippen LogP contribution in [-0.2, 0) is 4.79 Å². The Kier molecular flexibility index (Phi) is 6.59. The second-order valence-corrected chi connectivity index (χ2v) is 8.20. The van der Waals surface area contributed by atoms with Crippen LogP contribution in [0.2, 0.25) is 0 Å². The van der Waals surface area contributed by atoms with E-state index < -0.39 is 12.2 Å². The average Bonchev–Trinajstić information content (AvgIpc) is 3.33. The van der Waals surface area contributed by atoms with E-state index in [1.165, 1.54) is 11.7 Å². The van der Waals surface area contributed by atoms with E-state index in [0.717, 1.165) is 0 Å². The smallest absolute Gasteiger partial charge is 0.296 e. The highest BCUT2D eigenvalue weighted by Crippen LogP contribution is 2.32. The third-order valence-corrected chi connectivity index (χ3v) is 6.10. The number of pyridine rings is 1. The van der Waals surface area contributed by atoms with Gasteiger partial charge in [0.05, 0.1) is 12.6 Å². The third-order valence-electron chi connectivity index (χ3n) is 5.87. The number of nitrogens with zero attached hydrogens (tertiary/aromatic N) is 8. The molecule has 0 radical (unpaired) electrons. The molecule has 36 heavy (non-hydrogen) atoms. The largest absolute Gasteiger partial charge is 0.494 e. The third kappa shape index (κ3) is 4.39. The normalized spacial score (nSPS) is 14.0. The molecular formula is C23H21ClF2N8O2. The van der Waals surface area contributed by atoms with E-state index in [1.807, 2.05) is 4.90 Å². The Morgan fingerprint density at radius 1 is 1.03 bits per heavy atom. The number of anilines is 1. The second kappa shape index (κ2) is 9.97. The number of ether oxygens (including phenoxy) is 1. The zero-order valence-electron chi connectivity index (χ0n) is 19.2.